The fraction of sp³-hybridized carbons (Fsp3) is 0.304. The van der Waals surface area contributed by atoms with Gasteiger partial charge in [-0.2, -0.15) is 11.8 Å². The third-order valence-electron chi connectivity index (χ3n) is 5.87. The van der Waals surface area contributed by atoms with Crippen LogP contribution in [0.4, 0.5) is 4.39 Å². The van der Waals surface area contributed by atoms with Crippen LogP contribution in [0.2, 0.25) is 5.02 Å². The van der Waals surface area contributed by atoms with Crippen molar-refractivity contribution in [1.82, 2.24) is 14.4 Å². The number of hydrogen-bond donors (Lipinski definition) is 0. The summed E-state index contributed by atoms with van der Waals surface area (Å²) >= 11 is 9.54. The highest BCUT2D eigenvalue weighted by Gasteiger charge is 2.32. The first-order chi connectivity index (χ1) is 15.5. The van der Waals surface area contributed by atoms with Crippen molar-refractivity contribution in [3.05, 3.63) is 75.1 Å². The lowest BCUT2D eigenvalue weighted by atomic mass is 10.1. The zero-order chi connectivity index (χ0) is 22.2. The highest BCUT2D eigenvalue weighted by atomic mass is 35.5. The van der Waals surface area contributed by atoms with Crippen LogP contribution < -0.4 is 0 Å². The number of aromatic nitrogens is 1. The molecule has 0 spiro atoms. The number of benzene rings is 1. The Morgan fingerprint density at radius 2 is 1.69 bits per heavy atom. The second kappa shape index (κ2) is 8.92. The molecule has 1 saturated heterocycles. The van der Waals surface area contributed by atoms with E-state index in [9.17, 15) is 14.0 Å². The molecule has 5 nitrogen and oxygen atoms in total. The quantitative estimate of drug-likeness (QED) is 0.535. The summed E-state index contributed by atoms with van der Waals surface area (Å²) in [5.74, 6) is 0.990. The van der Waals surface area contributed by atoms with Gasteiger partial charge in [0, 0.05) is 54.2 Å². The fourth-order valence-corrected chi connectivity index (χ4v) is 6.80. The van der Waals surface area contributed by atoms with Gasteiger partial charge in [-0.3, -0.25) is 9.59 Å². The minimum atomic E-state index is -0.586. The van der Waals surface area contributed by atoms with E-state index in [2.05, 4.69) is 0 Å². The first-order valence-electron chi connectivity index (χ1n) is 10.4. The maximum Gasteiger partial charge on any atom is 0.257 e. The Kier molecular flexibility index (Phi) is 6.01. The molecule has 2 aliphatic rings. The summed E-state index contributed by atoms with van der Waals surface area (Å²) in [5.41, 5.74) is 1.93. The summed E-state index contributed by atoms with van der Waals surface area (Å²) in [5, 5.41) is 1.29. The van der Waals surface area contributed by atoms with Gasteiger partial charge in [-0.25, -0.2) is 4.39 Å². The lowest BCUT2D eigenvalue weighted by Crippen LogP contribution is -2.51. The van der Waals surface area contributed by atoms with Crippen molar-refractivity contribution in [1.29, 1.82) is 0 Å². The van der Waals surface area contributed by atoms with E-state index in [-0.39, 0.29) is 11.5 Å². The molecule has 0 aliphatic carbocycles. The number of thiophene rings is 1. The molecule has 0 unspecified atom stereocenters. The van der Waals surface area contributed by atoms with Crippen LogP contribution in [0.3, 0.4) is 0 Å². The molecule has 1 fully saturated rings. The van der Waals surface area contributed by atoms with Crippen LogP contribution in [0.5, 0.6) is 0 Å². The number of carbonyl (C=O) groups is 2. The van der Waals surface area contributed by atoms with Crippen molar-refractivity contribution in [2.45, 2.75) is 12.2 Å². The number of thioether (sulfide) groups is 1. The normalized spacial score (nSPS) is 16.2. The molecule has 2 aromatic heterocycles. The Bertz CT molecular complexity index is 1170. The Labute approximate surface area is 198 Å². The molecule has 2 aliphatic heterocycles. The Balaban J connectivity index is 1.36. The van der Waals surface area contributed by atoms with Crippen LogP contribution in [0, 0.1) is 5.82 Å². The van der Waals surface area contributed by atoms with Crippen LogP contribution in [0.1, 0.15) is 31.2 Å². The SMILES string of the molecule is O=C(c1cc(Cl)ccc1F)N1CCN(C(=O)c2c(-n3cccc3)sc3c2CCSC3)CC1. The van der Waals surface area contributed by atoms with E-state index in [1.807, 2.05) is 45.8 Å². The largest absolute Gasteiger partial charge is 0.335 e. The third kappa shape index (κ3) is 3.95. The topological polar surface area (TPSA) is 45.6 Å². The van der Waals surface area contributed by atoms with E-state index < -0.39 is 11.7 Å². The zero-order valence-electron chi connectivity index (χ0n) is 17.2. The number of carbonyl (C=O) groups excluding carboxylic acids is 2. The molecule has 166 valence electrons. The van der Waals surface area contributed by atoms with Gasteiger partial charge in [0.2, 0.25) is 0 Å². The smallest absolute Gasteiger partial charge is 0.257 e. The van der Waals surface area contributed by atoms with Crippen molar-refractivity contribution in [3.8, 4) is 5.00 Å². The van der Waals surface area contributed by atoms with E-state index in [0.717, 1.165) is 28.5 Å². The van der Waals surface area contributed by atoms with Gasteiger partial charge in [-0.1, -0.05) is 11.6 Å². The maximum atomic E-state index is 14.1. The summed E-state index contributed by atoms with van der Waals surface area (Å²) < 4.78 is 16.1. The van der Waals surface area contributed by atoms with Crippen molar-refractivity contribution in [2.75, 3.05) is 31.9 Å². The molecule has 3 aromatic rings. The number of rotatable bonds is 3. The van der Waals surface area contributed by atoms with Crippen molar-refractivity contribution in [3.63, 3.8) is 0 Å². The van der Waals surface area contributed by atoms with Crippen LogP contribution in [0.15, 0.2) is 42.7 Å². The molecule has 0 N–H and O–H groups in total. The third-order valence-corrected chi connectivity index (χ3v) is 8.52. The number of fused-ring (bicyclic) bond motifs is 1. The number of hydrogen-bond acceptors (Lipinski definition) is 4. The van der Waals surface area contributed by atoms with Crippen LogP contribution in [-0.2, 0) is 12.2 Å². The van der Waals surface area contributed by atoms with Gasteiger partial charge in [-0.15, -0.1) is 11.3 Å². The molecule has 0 saturated carbocycles. The lowest BCUT2D eigenvalue weighted by molar-refractivity contribution is 0.0532. The zero-order valence-corrected chi connectivity index (χ0v) is 19.6. The van der Waals surface area contributed by atoms with E-state index in [1.54, 1.807) is 16.2 Å². The van der Waals surface area contributed by atoms with E-state index in [4.69, 9.17) is 11.6 Å². The van der Waals surface area contributed by atoms with E-state index in [1.165, 1.54) is 28.6 Å². The highest BCUT2D eigenvalue weighted by Crippen LogP contribution is 2.39. The summed E-state index contributed by atoms with van der Waals surface area (Å²) in [7, 11) is 0. The molecule has 0 bridgehead atoms. The van der Waals surface area contributed by atoms with Crippen LogP contribution in [0.25, 0.3) is 5.00 Å². The summed E-state index contributed by atoms with van der Waals surface area (Å²) in [6.45, 7) is 1.55. The van der Waals surface area contributed by atoms with Gasteiger partial charge < -0.3 is 14.4 Å². The van der Waals surface area contributed by atoms with Gasteiger partial charge in [0.25, 0.3) is 11.8 Å². The number of nitrogens with zero attached hydrogens (tertiary/aromatic N) is 3. The molecule has 0 radical (unpaired) electrons. The Morgan fingerprint density at radius 1 is 1.00 bits per heavy atom. The standard InChI is InChI=1S/C23H21ClFN3O2S2/c24-15-3-4-18(25)17(13-15)21(29)26-8-10-27(11-9-26)22(30)20-16-5-12-31-14-19(16)32-23(20)28-6-1-2-7-28/h1-4,6-7,13H,5,8-12,14H2. The Morgan fingerprint density at radius 3 is 2.41 bits per heavy atom. The highest BCUT2D eigenvalue weighted by molar-refractivity contribution is 7.98. The number of halogens is 2. The fourth-order valence-electron chi connectivity index (χ4n) is 4.19. The first-order valence-corrected chi connectivity index (χ1v) is 12.8. The van der Waals surface area contributed by atoms with Crippen molar-refractivity contribution in [2.24, 2.45) is 0 Å². The molecular formula is C23H21ClFN3O2S2. The molecule has 4 heterocycles. The predicted octanol–water partition coefficient (Wildman–Crippen LogP) is 4.72. The molecule has 32 heavy (non-hydrogen) atoms. The average Bonchev–Trinajstić information content (AvgIpc) is 3.48. The van der Waals surface area contributed by atoms with Gasteiger partial charge in [0.15, 0.2) is 0 Å². The minimum absolute atomic E-state index is 0.0131. The summed E-state index contributed by atoms with van der Waals surface area (Å²) in [6, 6.07) is 7.90. The monoisotopic (exact) mass is 489 g/mol. The molecule has 9 heteroatoms. The second-order valence-corrected chi connectivity index (χ2v) is 10.4. The van der Waals surface area contributed by atoms with Gasteiger partial charge in [-0.05, 0) is 48.1 Å². The van der Waals surface area contributed by atoms with Gasteiger partial charge in [0.05, 0.1) is 11.1 Å². The molecule has 0 atom stereocenters. The van der Waals surface area contributed by atoms with E-state index >= 15 is 0 Å². The van der Waals surface area contributed by atoms with Crippen LogP contribution in [-0.4, -0.2) is 58.1 Å². The second-order valence-electron chi connectivity index (χ2n) is 7.79. The first kappa shape index (κ1) is 21.6. The van der Waals surface area contributed by atoms with Gasteiger partial charge >= 0.3 is 0 Å². The van der Waals surface area contributed by atoms with E-state index in [0.29, 0.717) is 31.2 Å². The van der Waals surface area contributed by atoms with Crippen LogP contribution >= 0.6 is 34.7 Å². The molecule has 2 amide bonds. The lowest BCUT2D eigenvalue weighted by Gasteiger charge is -2.35. The van der Waals surface area contributed by atoms with Gasteiger partial charge in [0.1, 0.15) is 10.8 Å². The van der Waals surface area contributed by atoms with Crippen molar-refractivity contribution < 1.29 is 14.0 Å². The predicted molar refractivity (Wildman–Crippen MR) is 127 cm³/mol. The number of piperazine rings is 1. The minimum Gasteiger partial charge on any atom is -0.335 e. The Hall–Kier alpha value is -2.29. The summed E-state index contributed by atoms with van der Waals surface area (Å²) in [4.78, 5) is 31.1. The molecule has 5 rings (SSSR count). The average molecular weight is 490 g/mol. The molecular weight excluding hydrogens is 469 g/mol. The summed E-state index contributed by atoms with van der Waals surface area (Å²) in [6.07, 6.45) is 4.83. The number of amides is 2. The molecule has 1 aromatic carbocycles. The van der Waals surface area contributed by atoms with Crippen molar-refractivity contribution >= 4 is 46.5 Å². The maximum absolute atomic E-state index is 14.1.